The molecule has 2 heterocycles. The Morgan fingerprint density at radius 1 is 1.38 bits per heavy atom. The first-order valence-corrected chi connectivity index (χ1v) is 8.19. The summed E-state index contributed by atoms with van der Waals surface area (Å²) >= 11 is 0. The van der Waals surface area contributed by atoms with Gasteiger partial charge in [0.1, 0.15) is 5.76 Å². The number of furan rings is 1. The summed E-state index contributed by atoms with van der Waals surface area (Å²) in [5.41, 5.74) is 0.231. The van der Waals surface area contributed by atoms with Gasteiger partial charge in [0.25, 0.3) is 0 Å². The Morgan fingerprint density at radius 3 is 2.71 bits per heavy atom. The minimum absolute atomic E-state index is 0.0142. The first-order chi connectivity index (χ1) is 9.78. The highest BCUT2D eigenvalue weighted by atomic mass is 16.5. The standard InChI is InChI=1S/C18H31NO2/c1-17(2,3)15(16-7-6-11-20-16)8-10-19-14-9-12-21-18(4,5)13-14/h6-7,11,14-15,19H,8-10,12-13H2,1-5H3/t14-,15-/m1/s1. The quantitative estimate of drug-likeness (QED) is 0.876. The van der Waals surface area contributed by atoms with Gasteiger partial charge in [-0.2, -0.15) is 0 Å². The molecule has 120 valence electrons. The molecule has 1 fully saturated rings. The van der Waals surface area contributed by atoms with Crippen molar-refractivity contribution in [2.24, 2.45) is 5.41 Å². The van der Waals surface area contributed by atoms with Gasteiger partial charge in [0.2, 0.25) is 0 Å². The van der Waals surface area contributed by atoms with E-state index < -0.39 is 0 Å². The van der Waals surface area contributed by atoms with Crippen LogP contribution in [0.15, 0.2) is 22.8 Å². The molecule has 3 nitrogen and oxygen atoms in total. The molecule has 0 bridgehead atoms. The number of hydrogen-bond acceptors (Lipinski definition) is 3. The number of rotatable bonds is 5. The average molecular weight is 293 g/mol. The maximum Gasteiger partial charge on any atom is 0.107 e. The Kier molecular flexibility index (Phi) is 5.15. The zero-order chi connectivity index (χ0) is 15.5. The van der Waals surface area contributed by atoms with Gasteiger partial charge in [-0.05, 0) is 57.2 Å². The maximum atomic E-state index is 5.78. The lowest BCUT2D eigenvalue weighted by Gasteiger charge is -2.36. The monoisotopic (exact) mass is 293 g/mol. The van der Waals surface area contributed by atoms with Crippen LogP contribution < -0.4 is 5.32 Å². The van der Waals surface area contributed by atoms with Crippen molar-refractivity contribution >= 4 is 0 Å². The summed E-state index contributed by atoms with van der Waals surface area (Å²) in [6.07, 6.45) is 5.09. The lowest BCUT2D eigenvalue weighted by Crippen LogP contribution is -2.44. The van der Waals surface area contributed by atoms with E-state index in [0.29, 0.717) is 12.0 Å². The number of hydrogen-bond donors (Lipinski definition) is 1. The first-order valence-electron chi connectivity index (χ1n) is 8.19. The van der Waals surface area contributed by atoms with Gasteiger partial charge < -0.3 is 14.5 Å². The number of nitrogens with one attached hydrogen (secondary N) is 1. The third-order valence-electron chi connectivity index (χ3n) is 4.50. The SMILES string of the molecule is CC1(C)C[C@H](NCC[C@H](c2ccco2)C(C)(C)C)CCO1. The lowest BCUT2D eigenvalue weighted by molar-refractivity contribution is -0.0629. The summed E-state index contributed by atoms with van der Waals surface area (Å²) in [6, 6.07) is 4.67. The second-order valence-corrected chi connectivity index (χ2v) is 7.97. The molecule has 0 spiro atoms. The van der Waals surface area contributed by atoms with Crippen molar-refractivity contribution in [2.45, 2.75) is 71.4 Å². The molecule has 1 N–H and O–H groups in total. The fourth-order valence-corrected chi connectivity index (χ4v) is 3.33. The van der Waals surface area contributed by atoms with Gasteiger partial charge in [-0.1, -0.05) is 20.8 Å². The smallest absolute Gasteiger partial charge is 0.107 e. The predicted molar refractivity (Wildman–Crippen MR) is 86.6 cm³/mol. The number of ether oxygens (including phenoxy) is 1. The van der Waals surface area contributed by atoms with Crippen LogP contribution in [0.1, 0.15) is 65.6 Å². The molecule has 1 aliphatic heterocycles. The van der Waals surface area contributed by atoms with Crippen molar-refractivity contribution in [3.63, 3.8) is 0 Å². The molecular weight excluding hydrogens is 262 g/mol. The predicted octanol–water partition coefficient (Wildman–Crippen LogP) is 4.35. The van der Waals surface area contributed by atoms with E-state index in [1.54, 1.807) is 6.26 Å². The molecule has 0 radical (unpaired) electrons. The van der Waals surface area contributed by atoms with Crippen LogP contribution in [0, 0.1) is 5.41 Å². The second kappa shape index (κ2) is 6.53. The van der Waals surface area contributed by atoms with Crippen LogP contribution in [0.4, 0.5) is 0 Å². The summed E-state index contributed by atoms with van der Waals surface area (Å²) < 4.78 is 11.4. The fraction of sp³-hybridized carbons (Fsp3) is 0.778. The van der Waals surface area contributed by atoms with Crippen LogP contribution in [0.3, 0.4) is 0 Å². The molecule has 0 aliphatic carbocycles. The molecule has 1 aliphatic rings. The van der Waals surface area contributed by atoms with E-state index in [9.17, 15) is 0 Å². The van der Waals surface area contributed by atoms with Crippen molar-refractivity contribution in [3.05, 3.63) is 24.2 Å². The molecule has 0 amide bonds. The molecule has 21 heavy (non-hydrogen) atoms. The van der Waals surface area contributed by atoms with E-state index >= 15 is 0 Å². The van der Waals surface area contributed by atoms with Crippen LogP contribution in [0.5, 0.6) is 0 Å². The highest BCUT2D eigenvalue weighted by molar-refractivity contribution is 5.08. The maximum absolute atomic E-state index is 5.78. The minimum Gasteiger partial charge on any atom is -0.469 e. The lowest BCUT2D eigenvalue weighted by atomic mass is 9.77. The largest absolute Gasteiger partial charge is 0.469 e. The summed E-state index contributed by atoms with van der Waals surface area (Å²) in [5, 5.41) is 3.72. The van der Waals surface area contributed by atoms with Crippen molar-refractivity contribution in [1.82, 2.24) is 5.32 Å². The Bertz CT molecular complexity index is 417. The highest BCUT2D eigenvalue weighted by Crippen LogP contribution is 2.37. The molecule has 1 aromatic rings. The van der Waals surface area contributed by atoms with Crippen LogP contribution in [-0.2, 0) is 4.74 Å². The fourth-order valence-electron chi connectivity index (χ4n) is 3.33. The van der Waals surface area contributed by atoms with Crippen molar-refractivity contribution in [1.29, 1.82) is 0 Å². The Labute approximate surface area is 129 Å². The topological polar surface area (TPSA) is 34.4 Å². The molecule has 0 unspecified atom stereocenters. The molecule has 2 rings (SSSR count). The summed E-state index contributed by atoms with van der Waals surface area (Å²) in [5.74, 6) is 1.56. The van der Waals surface area contributed by atoms with E-state index in [4.69, 9.17) is 9.15 Å². The van der Waals surface area contributed by atoms with Crippen molar-refractivity contribution < 1.29 is 9.15 Å². The molecule has 1 aromatic heterocycles. The third kappa shape index (κ3) is 4.86. The van der Waals surface area contributed by atoms with E-state index in [1.807, 2.05) is 6.07 Å². The van der Waals surface area contributed by atoms with Crippen molar-refractivity contribution in [3.8, 4) is 0 Å². The molecule has 3 heteroatoms. The van der Waals surface area contributed by atoms with Gasteiger partial charge in [-0.15, -0.1) is 0 Å². The van der Waals surface area contributed by atoms with E-state index in [0.717, 1.165) is 38.2 Å². The van der Waals surface area contributed by atoms with Crippen LogP contribution in [-0.4, -0.2) is 24.8 Å². The van der Waals surface area contributed by atoms with Gasteiger partial charge in [0.05, 0.1) is 11.9 Å². The van der Waals surface area contributed by atoms with E-state index in [2.05, 4.69) is 46.0 Å². The second-order valence-electron chi connectivity index (χ2n) is 7.97. The molecule has 0 aromatic carbocycles. The highest BCUT2D eigenvalue weighted by Gasteiger charge is 2.30. The normalized spacial score (nSPS) is 24.0. The van der Waals surface area contributed by atoms with Crippen LogP contribution in [0.2, 0.25) is 0 Å². The summed E-state index contributed by atoms with van der Waals surface area (Å²) in [7, 11) is 0. The summed E-state index contributed by atoms with van der Waals surface area (Å²) in [4.78, 5) is 0. The average Bonchev–Trinajstić information content (AvgIpc) is 2.85. The molecular formula is C18H31NO2. The van der Waals surface area contributed by atoms with Gasteiger partial charge in [0, 0.05) is 18.6 Å². The Balaban J connectivity index is 1.85. The van der Waals surface area contributed by atoms with Crippen LogP contribution >= 0.6 is 0 Å². The first kappa shape index (κ1) is 16.6. The van der Waals surface area contributed by atoms with Gasteiger partial charge in [0.15, 0.2) is 0 Å². The van der Waals surface area contributed by atoms with Gasteiger partial charge in [-0.3, -0.25) is 0 Å². The van der Waals surface area contributed by atoms with Gasteiger partial charge >= 0.3 is 0 Å². The van der Waals surface area contributed by atoms with Crippen molar-refractivity contribution in [2.75, 3.05) is 13.2 Å². The summed E-state index contributed by atoms with van der Waals surface area (Å²) in [6.45, 7) is 13.1. The zero-order valence-corrected chi connectivity index (χ0v) is 14.2. The molecule has 2 atom stereocenters. The Morgan fingerprint density at radius 2 is 2.14 bits per heavy atom. The van der Waals surface area contributed by atoms with E-state index in [-0.39, 0.29) is 11.0 Å². The zero-order valence-electron chi connectivity index (χ0n) is 14.2. The molecule has 1 saturated heterocycles. The van der Waals surface area contributed by atoms with E-state index in [1.165, 1.54) is 0 Å². The van der Waals surface area contributed by atoms with Crippen LogP contribution in [0.25, 0.3) is 0 Å². The Hall–Kier alpha value is -0.800. The molecule has 0 saturated carbocycles. The minimum atomic E-state index is 0.0142. The van der Waals surface area contributed by atoms with Gasteiger partial charge in [-0.25, -0.2) is 0 Å². The third-order valence-corrected chi connectivity index (χ3v) is 4.50.